The lowest BCUT2D eigenvalue weighted by molar-refractivity contribution is -0.110. The molecule has 116 valence electrons. The van der Waals surface area contributed by atoms with E-state index in [1.807, 2.05) is 36.5 Å². The van der Waals surface area contributed by atoms with Crippen molar-refractivity contribution < 1.29 is 4.79 Å². The third-order valence-electron chi connectivity index (χ3n) is 4.17. The van der Waals surface area contributed by atoms with Gasteiger partial charge in [0.05, 0.1) is 5.57 Å². The number of aromatic nitrogens is 2. The van der Waals surface area contributed by atoms with Crippen molar-refractivity contribution in [3.05, 3.63) is 54.5 Å². The molecule has 1 saturated heterocycles. The highest BCUT2D eigenvalue weighted by molar-refractivity contribution is 6.31. The number of amides is 1. The molecule has 0 aliphatic carbocycles. The average Bonchev–Trinajstić information content (AvgIpc) is 2.92. The lowest BCUT2D eigenvalue weighted by Gasteiger charge is -2.34. The van der Waals surface area contributed by atoms with Crippen LogP contribution in [0.1, 0.15) is 5.56 Å². The van der Waals surface area contributed by atoms with Crippen LogP contribution >= 0.6 is 0 Å². The summed E-state index contributed by atoms with van der Waals surface area (Å²) in [5.41, 5.74) is 2.61. The molecule has 1 aromatic carbocycles. The summed E-state index contributed by atoms with van der Waals surface area (Å²) in [6.07, 6.45) is 5.50. The Morgan fingerprint density at radius 2 is 1.74 bits per heavy atom. The molecule has 0 radical (unpaired) electrons. The van der Waals surface area contributed by atoms with Gasteiger partial charge in [0.1, 0.15) is 0 Å². The smallest absolute Gasteiger partial charge is 0.257 e. The highest BCUT2D eigenvalue weighted by Gasteiger charge is 2.25. The minimum absolute atomic E-state index is 0.0278. The first-order chi connectivity index (χ1) is 11.3. The van der Waals surface area contributed by atoms with Crippen molar-refractivity contribution in [2.45, 2.75) is 0 Å². The number of nitrogens with one attached hydrogen (secondary N) is 1. The predicted octanol–water partition coefficient (Wildman–Crippen LogP) is 1.59. The Kier molecular flexibility index (Phi) is 3.42. The topological polar surface area (TPSA) is 61.4 Å². The van der Waals surface area contributed by atoms with Crippen LogP contribution in [-0.4, -0.2) is 47.0 Å². The summed E-state index contributed by atoms with van der Waals surface area (Å²) >= 11 is 0. The van der Waals surface area contributed by atoms with E-state index in [2.05, 4.69) is 25.1 Å². The highest BCUT2D eigenvalue weighted by atomic mass is 16.2. The zero-order valence-electron chi connectivity index (χ0n) is 12.6. The summed E-state index contributed by atoms with van der Waals surface area (Å²) in [5, 5.41) is 2.91. The Hall–Kier alpha value is -2.89. The third kappa shape index (κ3) is 2.63. The molecule has 0 unspecified atom stereocenters. The molecule has 0 atom stereocenters. The number of carbonyl (C=O) groups excluding carboxylic acids is 1. The third-order valence-corrected chi connectivity index (χ3v) is 4.17. The van der Waals surface area contributed by atoms with Crippen LogP contribution in [0.15, 0.2) is 48.9 Å². The van der Waals surface area contributed by atoms with Gasteiger partial charge in [0.15, 0.2) is 0 Å². The first-order valence-electron chi connectivity index (χ1n) is 7.70. The summed E-state index contributed by atoms with van der Waals surface area (Å²) in [6, 6.07) is 9.62. The van der Waals surface area contributed by atoms with E-state index in [1.165, 1.54) is 0 Å². The molecule has 6 nitrogen and oxygen atoms in total. The number of nitrogens with zero attached hydrogens (tertiary/aromatic N) is 4. The molecular formula is C17H17N5O. The van der Waals surface area contributed by atoms with Crippen molar-refractivity contribution in [3.8, 4) is 0 Å². The molecule has 1 aromatic heterocycles. The van der Waals surface area contributed by atoms with Crippen LogP contribution in [0.5, 0.6) is 0 Å². The fraction of sp³-hybridized carbons (Fsp3) is 0.235. The second-order valence-corrected chi connectivity index (χ2v) is 5.61. The number of anilines is 2. The molecule has 1 amide bonds. The van der Waals surface area contributed by atoms with Crippen LogP contribution in [-0.2, 0) is 4.79 Å². The van der Waals surface area contributed by atoms with Gasteiger partial charge in [0.2, 0.25) is 5.95 Å². The Morgan fingerprint density at radius 3 is 2.52 bits per heavy atom. The SMILES string of the molecule is O=C1Nc2ccccc2/C1=C\N1CCN(c2ncccn2)CC1. The van der Waals surface area contributed by atoms with Crippen molar-refractivity contribution >= 4 is 23.1 Å². The number of carbonyl (C=O) groups is 1. The van der Waals surface area contributed by atoms with Crippen LogP contribution in [0.3, 0.4) is 0 Å². The zero-order valence-corrected chi connectivity index (χ0v) is 12.6. The van der Waals surface area contributed by atoms with Crippen LogP contribution in [0, 0.1) is 0 Å². The largest absolute Gasteiger partial charge is 0.373 e. The van der Waals surface area contributed by atoms with Gasteiger partial charge >= 0.3 is 0 Å². The molecule has 6 heteroatoms. The fourth-order valence-corrected chi connectivity index (χ4v) is 2.96. The van der Waals surface area contributed by atoms with E-state index in [-0.39, 0.29) is 5.91 Å². The number of para-hydroxylation sites is 1. The lowest BCUT2D eigenvalue weighted by Crippen LogP contribution is -2.45. The monoisotopic (exact) mass is 307 g/mol. The molecular weight excluding hydrogens is 290 g/mol. The van der Waals surface area contributed by atoms with E-state index < -0.39 is 0 Å². The summed E-state index contributed by atoms with van der Waals surface area (Å²) in [7, 11) is 0. The number of hydrogen-bond acceptors (Lipinski definition) is 5. The van der Waals surface area contributed by atoms with Crippen LogP contribution in [0.25, 0.3) is 5.57 Å². The minimum atomic E-state index is -0.0278. The summed E-state index contributed by atoms with van der Waals surface area (Å²) in [4.78, 5) is 25.1. The molecule has 0 bridgehead atoms. The average molecular weight is 307 g/mol. The maximum atomic E-state index is 12.2. The van der Waals surface area contributed by atoms with Gasteiger partial charge in [-0.1, -0.05) is 18.2 Å². The summed E-state index contributed by atoms with van der Waals surface area (Å²) in [5.74, 6) is 0.740. The lowest BCUT2D eigenvalue weighted by atomic mass is 10.1. The second-order valence-electron chi connectivity index (χ2n) is 5.61. The van der Waals surface area contributed by atoms with Gasteiger partial charge in [-0.05, 0) is 12.1 Å². The van der Waals surface area contributed by atoms with E-state index in [0.717, 1.165) is 49.0 Å². The molecule has 3 heterocycles. The van der Waals surface area contributed by atoms with Gasteiger partial charge in [-0.3, -0.25) is 4.79 Å². The van der Waals surface area contributed by atoms with Gasteiger partial charge in [-0.15, -0.1) is 0 Å². The van der Waals surface area contributed by atoms with Crippen LogP contribution < -0.4 is 10.2 Å². The van der Waals surface area contributed by atoms with Crippen molar-refractivity contribution in [1.29, 1.82) is 0 Å². The van der Waals surface area contributed by atoms with Crippen molar-refractivity contribution in [1.82, 2.24) is 14.9 Å². The molecule has 2 aromatic rings. The normalized spacial score (nSPS) is 19.0. The summed E-state index contributed by atoms with van der Waals surface area (Å²) < 4.78 is 0. The van der Waals surface area contributed by atoms with Crippen LogP contribution in [0.4, 0.5) is 11.6 Å². The maximum Gasteiger partial charge on any atom is 0.257 e. The first-order valence-corrected chi connectivity index (χ1v) is 7.70. The number of hydrogen-bond donors (Lipinski definition) is 1. The van der Waals surface area contributed by atoms with Gasteiger partial charge in [0, 0.05) is 56.0 Å². The number of rotatable bonds is 2. The molecule has 2 aliphatic heterocycles. The number of piperazine rings is 1. The molecule has 2 aliphatic rings. The molecule has 0 saturated carbocycles. The van der Waals surface area contributed by atoms with Crippen LogP contribution in [0.2, 0.25) is 0 Å². The van der Waals surface area contributed by atoms with E-state index in [0.29, 0.717) is 0 Å². The molecule has 23 heavy (non-hydrogen) atoms. The number of benzene rings is 1. The van der Waals surface area contributed by atoms with E-state index in [9.17, 15) is 4.79 Å². The molecule has 0 spiro atoms. The fourth-order valence-electron chi connectivity index (χ4n) is 2.96. The second kappa shape index (κ2) is 5.72. The standard InChI is InChI=1S/C17H17N5O/c23-16-14(13-4-1-2-5-15(13)20-16)12-21-8-10-22(11-9-21)17-18-6-3-7-19-17/h1-7,12H,8-11H2,(H,20,23)/b14-12+. The molecule has 4 rings (SSSR count). The van der Waals surface area contributed by atoms with Crippen molar-refractivity contribution in [3.63, 3.8) is 0 Å². The first kappa shape index (κ1) is 13.8. The van der Waals surface area contributed by atoms with Gasteiger partial charge in [-0.25, -0.2) is 9.97 Å². The molecule has 1 N–H and O–H groups in total. The maximum absolute atomic E-state index is 12.2. The van der Waals surface area contributed by atoms with Gasteiger partial charge in [0.25, 0.3) is 5.91 Å². The highest BCUT2D eigenvalue weighted by Crippen LogP contribution is 2.31. The zero-order chi connectivity index (χ0) is 15.6. The predicted molar refractivity (Wildman–Crippen MR) is 88.9 cm³/mol. The van der Waals surface area contributed by atoms with Crippen molar-refractivity contribution in [2.75, 3.05) is 36.4 Å². The Labute approximate surface area is 134 Å². The van der Waals surface area contributed by atoms with E-state index in [1.54, 1.807) is 12.4 Å². The van der Waals surface area contributed by atoms with Crippen molar-refractivity contribution in [2.24, 2.45) is 0 Å². The Morgan fingerprint density at radius 1 is 1.00 bits per heavy atom. The summed E-state index contributed by atoms with van der Waals surface area (Å²) in [6.45, 7) is 3.38. The Bertz CT molecular complexity index is 751. The van der Waals surface area contributed by atoms with Gasteiger partial charge < -0.3 is 15.1 Å². The van der Waals surface area contributed by atoms with E-state index in [4.69, 9.17) is 0 Å². The van der Waals surface area contributed by atoms with Gasteiger partial charge in [-0.2, -0.15) is 0 Å². The number of fused-ring (bicyclic) bond motifs is 1. The Balaban J connectivity index is 1.48. The molecule has 1 fully saturated rings. The quantitative estimate of drug-likeness (QED) is 0.854. The van der Waals surface area contributed by atoms with E-state index >= 15 is 0 Å². The minimum Gasteiger partial charge on any atom is -0.373 e.